The van der Waals surface area contributed by atoms with Crippen molar-refractivity contribution in [3.05, 3.63) is 18.2 Å². The van der Waals surface area contributed by atoms with E-state index in [1.807, 2.05) is 18.2 Å². The number of methoxy groups -OCH3 is 2. The Morgan fingerprint density at radius 3 is 2.38 bits per heavy atom. The molecule has 0 bridgehead atoms. The minimum absolute atomic E-state index is 0.781. The van der Waals surface area contributed by atoms with Crippen LogP contribution in [0.25, 0.3) is 0 Å². The van der Waals surface area contributed by atoms with Crippen molar-refractivity contribution in [1.29, 1.82) is 0 Å². The highest BCUT2D eigenvalue weighted by molar-refractivity contribution is 7.99. The van der Waals surface area contributed by atoms with Gasteiger partial charge in [-0.1, -0.05) is 6.92 Å². The predicted molar refractivity (Wildman–Crippen MR) is 55.9 cm³/mol. The number of hydrogen-bond acceptors (Lipinski definition) is 3. The molecule has 0 unspecified atom stereocenters. The fraction of sp³-hybridized carbons (Fsp3) is 0.400. The molecule has 2 nitrogen and oxygen atoms in total. The van der Waals surface area contributed by atoms with Gasteiger partial charge in [-0.2, -0.15) is 0 Å². The lowest BCUT2D eigenvalue weighted by Gasteiger charge is -2.08. The van der Waals surface area contributed by atoms with Crippen LogP contribution in [0, 0.1) is 0 Å². The van der Waals surface area contributed by atoms with Crippen molar-refractivity contribution in [2.75, 3.05) is 20.0 Å². The molecule has 0 amide bonds. The number of benzene rings is 1. The second-order valence-electron chi connectivity index (χ2n) is 2.45. The topological polar surface area (TPSA) is 18.5 Å². The van der Waals surface area contributed by atoms with E-state index in [1.54, 1.807) is 26.0 Å². The Bertz CT molecular complexity index is 274. The zero-order valence-electron chi connectivity index (χ0n) is 8.16. The highest BCUT2D eigenvalue weighted by atomic mass is 32.2. The van der Waals surface area contributed by atoms with Gasteiger partial charge in [0.15, 0.2) is 11.5 Å². The summed E-state index contributed by atoms with van der Waals surface area (Å²) in [4.78, 5) is 1.21. The fourth-order valence-corrected chi connectivity index (χ4v) is 1.76. The highest BCUT2D eigenvalue weighted by Gasteiger charge is 2.03. The highest BCUT2D eigenvalue weighted by Crippen LogP contribution is 2.31. The van der Waals surface area contributed by atoms with E-state index in [0.717, 1.165) is 17.3 Å². The molecule has 0 heterocycles. The third kappa shape index (κ3) is 2.56. The van der Waals surface area contributed by atoms with E-state index in [2.05, 4.69) is 6.92 Å². The van der Waals surface area contributed by atoms with Gasteiger partial charge in [-0.15, -0.1) is 11.8 Å². The van der Waals surface area contributed by atoms with Crippen molar-refractivity contribution >= 4 is 11.8 Å². The Hall–Kier alpha value is -0.830. The maximum absolute atomic E-state index is 5.18. The minimum atomic E-state index is 0.781. The molecule has 0 N–H and O–H groups in total. The summed E-state index contributed by atoms with van der Waals surface area (Å²) < 4.78 is 10.3. The molecule has 0 fully saturated rings. The second kappa shape index (κ2) is 5.02. The Kier molecular flexibility index (Phi) is 3.96. The molecule has 0 aliphatic heterocycles. The molecule has 72 valence electrons. The smallest absolute Gasteiger partial charge is 0.161 e. The molecular formula is C10H14O2S. The Morgan fingerprint density at radius 2 is 1.85 bits per heavy atom. The molecule has 1 aromatic rings. The first-order valence-corrected chi connectivity index (χ1v) is 5.15. The molecule has 0 saturated carbocycles. The average Bonchev–Trinajstić information content (AvgIpc) is 2.18. The minimum Gasteiger partial charge on any atom is -0.493 e. The zero-order valence-corrected chi connectivity index (χ0v) is 8.98. The van der Waals surface area contributed by atoms with Crippen molar-refractivity contribution < 1.29 is 9.47 Å². The van der Waals surface area contributed by atoms with Crippen LogP contribution in [0.3, 0.4) is 0 Å². The van der Waals surface area contributed by atoms with Gasteiger partial charge in [0.1, 0.15) is 0 Å². The van der Waals surface area contributed by atoms with Crippen molar-refractivity contribution in [3.63, 3.8) is 0 Å². The molecule has 0 radical (unpaired) electrons. The number of thioether (sulfide) groups is 1. The molecule has 0 aliphatic rings. The Morgan fingerprint density at radius 1 is 1.15 bits per heavy atom. The molecule has 3 heteroatoms. The van der Waals surface area contributed by atoms with Crippen LogP contribution in [0.5, 0.6) is 11.5 Å². The summed E-state index contributed by atoms with van der Waals surface area (Å²) in [5.74, 6) is 2.64. The van der Waals surface area contributed by atoms with E-state index < -0.39 is 0 Å². The average molecular weight is 198 g/mol. The molecule has 0 aromatic heterocycles. The maximum Gasteiger partial charge on any atom is 0.161 e. The van der Waals surface area contributed by atoms with Crippen molar-refractivity contribution in [1.82, 2.24) is 0 Å². The standard InChI is InChI=1S/C10H14O2S/c1-4-13-8-5-6-9(11-2)10(7-8)12-3/h5-7H,4H2,1-3H3. The van der Waals surface area contributed by atoms with Gasteiger partial charge in [-0.25, -0.2) is 0 Å². The maximum atomic E-state index is 5.18. The van der Waals surface area contributed by atoms with E-state index in [1.165, 1.54) is 4.90 Å². The van der Waals surface area contributed by atoms with Gasteiger partial charge in [0.05, 0.1) is 14.2 Å². The van der Waals surface area contributed by atoms with Gasteiger partial charge in [0.2, 0.25) is 0 Å². The molecule has 0 atom stereocenters. The van der Waals surface area contributed by atoms with E-state index in [-0.39, 0.29) is 0 Å². The van der Waals surface area contributed by atoms with E-state index in [0.29, 0.717) is 0 Å². The van der Waals surface area contributed by atoms with Gasteiger partial charge in [-0.05, 0) is 24.0 Å². The van der Waals surface area contributed by atoms with Gasteiger partial charge in [0.25, 0.3) is 0 Å². The van der Waals surface area contributed by atoms with Crippen molar-refractivity contribution in [2.45, 2.75) is 11.8 Å². The SMILES string of the molecule is CCSc1ccc(OC)c(OC)c1. The van der Waals surface area contributed by atoms with Gasteiger partial charge in [-0.3, -0.25) is 0 Å². The molecular weight excluding hydrogens is 184 g/mol. The van der Waals surface area contributed by atoms with Crippen LogP contribution < -0.4 is 9.47 Å². The molecule has 1 rings (SSSR count). The first-order valence-electron chi connectivity index (χ1n) is 4.16. The third-order valence-corrected chi connectivity index (χ3v) is 2.54. The van der Waals surface area contributed by atoms with Crippen molar-refractivity contribution in [3.8, 4) is 11.5 Å². The lowest BCUT2D eigenvalue weighted by atomic mass is 10.3. The summed E-state index contributed by atoms with van der Waals surface area (Å²) in [6.45, 7) is 2.13. The number of hydrogen-bond donors (Lipinski definition) is 0. The van der Waals surface area contributed by atoms with Gasteiger partial charge >= 0.3 is 0 Å². The third-order valence-electron chi connectivity index (χ3n) is 1.67. The number of ether oxygens (including phenoxy) is 2. The summed E-state index contributed by atoms with van der Waals surface area (Å²) in [5.41, 5.74) is 0. The first-order chi connectivity index (χ1) is 6.31. The van der Waals surface area contributed by atoms with Crippen LogP contribution in [-0.2, 0) is 0 Å². The molecule has 0 aliphatic carbocycles. The number of rotatable bonds is 4. The van der Waals surface area contributed by atoms with Crippen molar-refractivity contribution in [2.24, 2.45) is 0 Å². The van der Waals surface area contributed by atoms with Crippen LogP contribution in [0.2, 0.25) is 0 Å². The fourth-order valence-electron chi connectivity index (χ4n) is 1.07. The molecule has 1 aromatic carbocycles. The molecule has 0 spiro atoms. The monoisotopic (exact) mass is 198 g/mol. The van der Waals surface area contributed by atoms with E-state index in [9.17, 15) is 0 Å². The molecule has 13 heavy (non-hydrogen) atoms. The molecule has 0 saturated heterocycles. The lowest BCUT2D eigenvalue weighted by molar-refractivity contribution is 0.354. The summed E-state index contributed by atoms with van der Waals surface area (Å²) in [6.07, 6.45) is 0. The van der Waals surface area contributed by atoms with E-state index in [4.69, 9.17) is 9.47 Å². The Balaban J connectivity index is 2.91. The Labute approximate surface area is 83.2 Å². The van der Waals surface area contributed by atoms with Crippen LogP contribution in [0.15, 0.2) is 23.1 Å². The summed E-state index contributed by atoms with van der Waals surface area (Å²) in [7, 11) is 3.29. The quantitative estimate of drug-likeness (QED) is 0.693. The zero-order chi connectivity index (χ0) is 9.68. The second-order valence-corrected chi connectivity index (χ2v) is 3.79. The van der Waals surface area contributed by atoms with Crippen LogP contribution in [0.4, 0.5) is 0 Å². The first kappa shape index (κ1) is 10.3. The normalized spacial score (nSPS) is 9.77. The van der Waals surface area contributed by atoms with Gasteiger partial charge in [0, 0.05) is 4.90 Å². The van der Waals surface area contributed by atoms with Crippen LogP contribution in [0.1, 0.15) is 6.92 Å². The largest absolute Gasteiger partial charge is 0.493 e. The van der Waals surface area contributed by atoms with Crippen LogP contribution in [-0.4, -0.2) is 20.0 Å². The van der Waals surface area contributed by atoms with Crippen LogP contribution >= 0.6 is 11.8 Å². The summed E-state index contributed by atoms with van der Waals surface area (Å²) >= 11 is 1.79. The predicted octanol–water partition coefficient (Wildman–Crippen LogP) is 2.82. The van der Waals surface area contributed by atoms with E-state index >= 15 is 0 Å². The summed E-state index contributed by atoms with van der Waals surface area (Å²) in [5, 5.41) is 0. The lowest BCUT2D eigenvalue weighted by Crippen LogP contribution is -1.90. The van der Waals surface area contributed by atoms with Gasteiger partial charge < -0.3 is 9.47 Å². The summed E-state index contributed by atoms with van der Waals surface area (Å²) in [6, 6.07) is 5.96.